The van der Waals surface area contributed by atoms with Crippen molar-refractivity contribution in [3.05, 3.63) is 65.4 Å². The number of pyridine rings is 1. The molecule has 0 atom stereocenters. The van der Waals surface area contributed by atoms with Gasteiger partial charge in [-0.3, -0.25) is 0 Å². The Morgan fingerprint density at radius 1 is 0.933 bits per heavy atom. The van der Waals surface area contributed by atoms with E-state index in [1.165, 1.54) is 5.56 Å². The summed E-state index contributed by atoms with van der Waals surface area (Å²) in [5.74, 6) is 0. The predicted molar refractivity (Wildman–Crippen MR) is 57.2 cm³/mol. The fourth-order valence-corrected chi connectivity index (χ4v) is 1.55. The number of hydrogen-bond donors (Lipinski definition) is 0. The standard InChI is InChI=1S/C12H11ClN.HI/c13-12-8-4-5-9-14(12)10-11-6-2-1-3-7-11;/h1-9H,10H2;1H/q+1;/p-1. The Bertz CT molecular complexity index is 417. The van der Waals surface area contributed by atoms with Gasteiger partial charge in [0.05, 0.1) is 0 Å². The van der Waals surface area contributed by atoms with Gasteiger partial charge >= 0.3 is 0 Å². The van der Waals surface area contributed by atoms with E-state index < -0.39 is 0 Å². The highest BCUT2D eigenvalue weighted by Crippen LogP contribution is 2.02. The zero-order chi connectivity index (χ0) is 9.80. The van der Waals surface area contributed by atoms with Crippen LogP contribution in [-0.4, -0.2) is 0 Å². The highest BCUT2D eigenvalue weighted by Gasteiger charge is 2.06. The maximum atomic E-state index is 6.04. The van der Waals surface area contributed by atoms with Crippen LogP contribution in [0.3, 0.4) is 0 Å². The third-order valence-corrected chi connectivity index (χ3v) is 2.42. The molecule has 0 radical (unpaired) electrons. The monoisotopic (exact) mass is 331 g/mol. The van der Waals surface area contributed by atoms with E-state index in [1.807, 2.05) is 47.2 Å². The first-order chi connectivity index (χ1) is 6.86. The SMILES string of the molecule is Clc1cccc[n+]1Cc1ccccc1.[I-]. The molecule has 0 saturated heterocycles. The number of halogens is 2. The van der Waals surface area contributed by atoms with Crippen LogP contribution in [0.1, 0.15) is 5.56 Å². The molecule has 3 heteroatoms. The van der Waals surface area contributed by atoms with E-state index in [9.17, 15) is 0 Å². The Morgan fingerprint density at radius 3 is 2.27 bits per heavy atom. The van der Waals surface area contributed by atoms with Crippen molar-refractivity contribution in [2.24, 2.45) is 0 Å². The van der Waals surface area contributed by atoms with Crippen LogP contribution in [0.4, 0.5) is 0 Å². The van der Waals surface area contributed by atoms with Gasteiger partial charge in [-0.15, -0.1) is 0 Å². The van der Waals surface area contributed by atoms with E-state index in [-0.39, 0.29) is 24.0 Å². The molecule has 2 aromatic rings. The van der Waals surface area contributed by atoms with Gasteiger partial charge in [0.15, 0.2) is 12.7 Å². The maximum absolute atomic E-state index is 6.04. The van der Waals surface area contributed by atoms with Crippen LogP contribution < -0.4 is 28.5 Å². The lowest BCUT2D eigenvalue weighted by Gasteiger charge is -1.98. The molecule has 0 N–H and O–H groups in total. The van der Waals surface area contributed by atoms with Crippen molar-refractivity contribution in [1.82, 2.24) is 0 Å². The molecule has 0 aliphatic rings. The number of aromatic nitrogens is 1. The summed E-state index contributed by atoms with van der Waals surface area (Å²) in [5, 5.41) is 0.761. The maximum Gasteiger partial charge on any atom is 0.275 e. The van der Waals surface area contributed by atoms with Crippen molar-refractivity contribution in [3.8, 4) is 0 Å². The Kier molecular flexibility index (Phi) is 5.05. The summed E-state index contributed by atoms with van der Waals surface area (Å²) in [5.41, 5.74) is 1.26. The molecule has 1 heterocycles. The van der Waals surface area contributed by atoms with Gasteiger partial charge in [0.25, 0.3) is 5.15 Å². The largest absolute Gasteiger partial charge is 1.00 e. The Labute approximate surface area is 112 Å². The summed E-state index contributed by atoms with van der Waals surface area (Å²) in [6.07, 6.45) is 1.98. The average Bonchev–Trinajstić information content (AvgIpc) is 2.23. The van der Waals surface area contributed by atoms with E-state index in [0.717, 1.165) is 11.7 Å². The molecule has 0 saturated carbocycles. The molecule has 1 aromatic heterocycles. The normalized spacial score (nSPS) is 9.40. The summed E-state index contributed by atoms with van der Waals surface area (Å²) in [6, 6.07) is 16.1. The van der Waals surface area contributed by atoms with Gasteiger partial charge in [0.2, 0.25) is 0 Å². The molecule has 1 aromatic carbocycles. The molecule has 0 bridgehead atoms. The van der Waals surface area contributed by atoms with E-state index in [4.69, 9.17) is 11.6 Å². The first-order valence-electron chi connectivity index (χ1n) is 4.54. The van der Waals surface area contributed by atoms with Crippen molar-refractivity contribution in [2.75, 3.05) is 0 Å². The van der Waals surface area contributed by atoms with Crippen molar-refractivity contribution >= 4 is 11.6 Å². The second kappa shape index (κ2) is 6.08. The number of rotatable bonds is 2. The van der Waals surface area contributed by atoms with Crippen LogP contribution in [0.2, 0.25) is 5.15 Å². The van der Waals surface area contributed by atoms with Gasteiger partial charge < -0.3 is 24.0 Å². The van der Waals surface area contributed by atoms with Gasteiger partial charge in [-0.2, -0.15) is 4.57 Å². The second-order valence-corrected chi connectivity index (χ2v) is 3.52. The summed E-state index contributed by atoms with van der Waals surface area (Å²) >= 11 is 6.04. The number of nitrogens with zero attached hydrogens (tertiary/aromatic N) is 1. The van der Waals surface area contributed by atoms with Crippen molar-refractivity contribution < 1.29 is 28.5 Å². The lowest BCUT2D eigenvalue weighted by molar-refractivity contribution is -0.686. The fourth-order valence-electron chi connectivity index (χ4n) is 1.36. The average molecular weight is 332 g/mol. The Morgan fingerprint density at radius 2 is 1.60 bits per heavy atom. The first kappa shape index (κ1) is 12.5. The van der Waals surface area contributed by atoms with Gasteiger partial charge in [0, 0.05) is 17.7 Å². The predicted octanol–water partition coefficient (Wildman–Crippen LogP) is -0.320. The third-order valence-electron chi connectivity index (χ3n) is 2.08. The summed E-state index contributed by atoms with van der Waals surface area (Å²) in [7, 11) is 0. The van der Waals surface area contributed by atoms with Gasteiger partial charge in [-0.05, 0) is 17.7 Å². The minimum absolute atomic E-state index is 0. The second-order valence-electron chi connectivity index (χ2n) is 3.14. The third kappa shape index (κ3) is 3.47. The number of hydrogen-bond acceptors (Lipinski definition) is 0. The van der Waals surface area contributed by atoms with Crippen LogP contribution in [0, 0.1) is 0 Å². The topological polar surface area (TPSA) is 3.88 Å². The zero-order valence-corrected chi connectivity index (χ0v) is 11.0. The first-order valence-corrected chi connectivity index (χ1v) is 4.92. The van der Waals surface area contributed by atoms with Crippen LogP contribution in [-0.2, 0) is 6.54 Å². The molecule has 0 fully saturated rings. The molecular weight excluding hydrogens is 320 g/mol. The molecule has 0 spiro atoms. The highest BCUT2D eigenvalue weighted by molar-refractivity contribution is 6.28. The van der Waals surface area contributed by atoms with Crippen LogP contribution >= 0.6 is 11.6 Å². The zero-order valence-electron chi connectivity index (χ0n) is 8.11. The van der Waals surface area contributed by atoms with Crippen molar-refractivity contribution in [1.29, 1.82) is 0 Å². The molecule has 0 unspecified atom stereocenters. The van der Waals surface area contributed by atoms with Crippen molar-refractivity contribution in [2.45, 2.75) is 6.54 Å². The minimum atomic E-state index is 0. The smallest absolute Gasteiger partial charge is 0.275 e. The van der Waals surface area contributed by atoms with Gasteiger partial charge in [0.1, 0.15) is 0 Å². The Balaban J connectivity index is 0.00000112. The summed E-state index contributed by atoms with van der Waals surface area (Å²) in [6.45, 7) is 0.820. The molecule has 0 amide bonds. The molecule has 15 heavy (non-hydrogen) atoms. The van der Waals surface area contributed by atoms with E-state index in [2.05, 4.69) is 12.1 Å². The molecule has 0 aliphatic carbocycles. The lowest BCUT2D eigenvalue weighted by atomic mass is 10.2. The summed E-state index contributed by atoms with van der Waals surface area (Å²) < 4.78 is 2.01. The van der Waals surface area contributed by atoms with Crippen molar-refractivity contribution in [3.63, 3.8) is 0 Å². The number of benzene rings is 1. The molecular formula is C12H11ClIN. The molecule has 2 rings (SSSR count). The van der Waals surface area contributed by atoms with E-state index in [0.29, 0.717) is 0 Å². The van der Waals surface area contributed by atoms with Gasteiger partial charge in [-0.25, -0.2) is 0 Å². The van der Waals surface area contributed by atoms with E-state index in [1.54, 1.807) is 0 Å². The fraction of sp³-hybridized carbons (Fsp3) is 0.0833. The molecule has 78 valence electrons. The van der Waals surface area contributed by atoms with Gasteiger partial charge in [-0.1, -0.05) is 30.3 Å². The lowest BCUT2D eigenvalue weighted by Crippen LogP contribution is -3.00. The molecule has 0 aliphatic heterocycles. The van der Waals surface area contributed by atoms with Crippen LogP contribution in [0.5, 0.6) is 0 Å². The molecule has 1 nitrogen and oxygen atoms in total. The highest BCUT2D eigenvalue weighted by atomic mass is 127. The quantitative estimate of drug-likeness (QED) is 0.403. The summed E-state index contributed by atoms with van der Waals surface area (Å²) in [4.78, 5) is 0. The minimum Gasteiger partial charge on any atom is -1.00 e. The van der Waals surface area contributed by atoms with Crippen LogP contribution in [0.25, 0.3) is 0 Å². The Hall–Kier alpha value is -0.610. The van der Waals surface area contributed by atoms with Crippen LogP contribution in [0.15, 0.2) is 54.7 Å². The van der Waals surface area contributed by atoms with E-state index >= 15 is 0 Å².